The number of benzene rings is 4. The van der Waals surface area contributed by atoms with Gasteiger partial charge in [0.2, 0.25) is 0 Å². The number of azo groups is 1. The van der Waals surface area contributed by atoms with Crippen molar-refractivity contribution in [3.05, 3.63) is 96.1 Å². The summed E-state index contributed by atoms with van der Waals surface area (Å²) in [5, 5.41) is 18.5. The maximum atomic E-state index is 12.2. The number of hydrogen-bond acceptors (Lipinski definition) is 8. The van der Waals surface area contributed by atoms with Crippen LogP contribution in [0.2, 0.25) is 0 Å². The quantitative estimate of drug-likeness (QED) is 0.122. The summed E-state index contributed by atoms with van der Waals surface area (Å²) >= 11 is 0. The van der Waals surface area contributed by atoms with Crippen molar-refractivity contribution in [1.82, 2.24) is 0 Å². The molecule has 0 amide bonds. The van der Waals surface area contributed by atoms with Gasteiger partial charge in [-0.25, -0.2) is 0 Å². The first-order valence-corrected chi connectivity index (χ1v) is 13.4. The van der Waals surface area contributed by atoms with Crippen LogP contribution < -0.4 is 0 Å². The van der Waals surface area contributed by atoms with Crippen molar-refractivity contribution in [3.63, 3.8) is 0 Å². The van der Waals surface area contributed by atoms with Gasteiger partial charge in [-0.3, -0.25) is 13.9 Å². The number of ketones is 1. The first-order valence-electron chi connectivity index (χ1n) is 10.5. The molecule has 37 heavy (non-hydrogen) atoms. The van der Waals surface area contributed by atoms with Crippen LogP contribution in [0.4, 0.5) is 11.4 Å². The zero-order valence-electron chi connectivity index (χ0n) is 18.8. The van der Waals surface area contributed by atoms with Gasteiger partial charge in [0.25, 0.3) is 20.2 Å². The number of carbonyl (C=O) groups is 1. The molecule has 3 N–H and O–H groups in total. The van der Waals surface area contributed by atoms with Crippen molar-refractivity contribution < 1.29 is 35.8 Å². The number of fused-ring (bicyclic) bond motifs is 1. The lowest BCUT2D eigenvalue weighted by Crippen LogP contribution is -2.00. The summed E-state index contributed by atoms with van der Waals surface area (Å²) in [7, 11) is -9.52. The minimum atomic E-state index is -4.92. The van der Waals surface area contributed by atoms with Crippen LogP contribution in [0.25, 0.3) is 16.8 Å². The van der Waals surface area contributed by atoms with Crippen LogP contribution in [0, 0.1) is 0 Å². The van der Waals surface area contributed by atoms with E-state index in [1.165, 1.54) is 12.1 Å². The standard InChI is InChI=1S/C25H18N2O8S2/c28-22(17-4-2-1-3-5-17)13-8-16-6-9-19(10-7-16)26-27-24-21-12-11-20(36(30,31)32)14-18(21)15-23(25(24)29)37(33,34)35/h1-15,29H,(H,30,31,32)(H,33,34,35)/b13-8+,27-26?. The molecule has 0 saturated heterocycles. The third-order valence-electron chi connectivity index (χ3n) is 5.24. The molecule has 0 saturated carbocycles. The Labute approximate surface area is 211 Å². The fourth-order valence-electron chi connectivity index (χ4n) is 3.42. The van der Waals surface area contributed by atoms with Crippen LogP contribution in [0.1, 0.15) is 15.9 Å². The van der Waals surface area contributed by atoms with E-state index in [1.807, 2.05) is 6.07 Å². The lowest BCUT2D eigenvalue weighted by molar-refractivity contribution is 0.104. The molecule has 188 valence electrons. The largest absolute Gasteiger partial charge is 0.504 e. The molecule has 0 radical (unpaired) electrons. The number of carbonyl (C=O) groups excluding carboxylic acids is 1. The molecule has 0 heterocycles. The van der Waals surface area contributed by atoms with Crippen molar-refractivity contribution in [1.29, 1.82) is 0 Å². The Kier molecular flexibility index (Phi) is 7.01. The van der Waals surface area contributed by atoms with Gasteiger partial charge in [0.05, 0.1) is 10.6 Å². The Balaban J connectivity index is 1.68. The fraction of sp³-hybridized carbons (Fsp3) is 0. The zero-order valence-corrected chi connectivity index (χ0v) is 20.4. The molecule has 0 bridgehead atoms. The van der Waals surface area contributed by atoms with Crippen LogP contribution >= 0.6 is 0 Å². The average Bonchev–Trinajstić information content (AvgIpc) is 2.86. The molecule has 0 aromatic heterocycles. The molecule has 4 rings (SSSR count). The first-order chi connectivity index (χ1) is 17.4. The van der Waals surface area contributed by atoms with Crippen LogP contribution in [0.15, 0.2) is 105 Å². The zero-order chi connectivity index (χ0) is 26.8. The van der Waals surface area contributed by atoms with Gasteiger partial charge in [0.1, 0.15) is 10.6 Å². The summed E-state index contributed by atoms with van der Waals surface area (Å²) in [6.45, 7) is 0. The Bertz CT molecular complexity index is 1780. The monoisotopic (exact) mass is 538 g/mol. The third kappa shape index (κ3) is 5.95. The van der Waals surface area contributed by atoms with Gasteiger partial charge in [-0.05, 0) is 47.4 Å². The van der Waals surface area contributed by atoms with Crippen LogP contribution in [0.3, 0.4) is 0 Å². The van der Waals surface area contributed by atoms with E-state index in [0.717, 1.165) is 18.2 Å². The van der Waals surface area contributed by atoms with Crippen molar-refractivity contribution in [2.24, 2.45) is 10.2 Å². The van der Waals surface area contributed by atoms with E-state index < -0.39 is 35.8 Å². The normalized spacial score (nSPS) is 12.5. The van der Waals surface area contributed by atoms with E-state index in [1.54, 1.807) is 54.6 Å². The molecule has 10 nitrogen and oxygen atoms in total. The van der Waals surface area contributed by atoms with E-state index in [2.05, 4.69) is 10.2 Å². The number of phenolic OH excluding ortho intramolecular Hbond substituents is 1. The second-order valence-corrected chi connectivity index (χ2v) is 10.6. The number of phenols is 1. The summed E-state index contributed by atoms with van der Waals surface area (Å²) in [6, 6.07) is 19.3. The van der Waals surface area contributed by atoms with Gasteiger partial charge in [0, 0.05) is 10.9 Å². The fourth-order valence-corrected chi connectivity index (χ4v) is 4.55. The third-order valence-corrected chi connectivity index (χ3v) is 6.96. The van der Waals surface area contributed by atoms with Crippen molar-refractivity contribution in [2.45, 2.75) is 9.79 Å². The number of rotatable bonds is 7. The molecule has 0 aliphatic heterocycles. The predicted molar refractivity (Wildman–Crippen MR) is 136 cm³/mol. The van der Waals surface area contributed by atoms with Crippen LogP contribution in [-0.2, 0) is 20.2 Å². The SMILES string of the molecule is O=C(/C=C/c1ccc(N=Nc2c(O)c(S(=O)(=O)O)cc3cc(S(=O)(=O)O)ccc23)cc1)c1ccccc1. The van der Waals surface area contributed by atoms with Gasteiger partial charge < -0.3 is 5.11 Å². The Morgan fingerprint density at radius 3 is 2.08 bits per heavy atom. The summed E-state index contributed by atoms with van der Waals surface area (Å²) in [5.41, 5.74) is 1.21. The Morgan fingerprint density at radius 1 is 0.784 bits per heavy atom. The summed E-state index contributed by atoms with van der Waals surface area (Å²) in [6.07, 6.45) is 3.05. The van der Waals surface area contributed by atoms with E-state index in [0.29, 0.717) is 16.8 Å². The highest BCUT2D eigenvalue weighted by molar-refractivity contribution is 7.86. The highest BCUT2D eigenvalue weighted by Gasteiger charge is 2.23. The van der Waals surface area contributed by atoms with E-state index in [9.17, 15) is 35.8 Å². The van der Waals surface area contributed by atoms with E-state index >= 15 is 0 Å². The van der Waals surface area contributed by atoms with Crippen LogP contribution in [0.5, 0.6) is 5.75 Å². The topological polar surface area (TPSA) is 171 Å². The highest BCUT2D eigenvalue weighted by Crippen LogP contribution is 2.41. The maximum absolute atomic E-state index is 12.2. The number of aromatic hydroxyl groups is 1. The first kappa shape index (κ1) is 25.9. The lowest BCUT2D eigenvalue weighted by atomic mass is 10.1. The molecule has 0 atom stereocenters. The smallest absolute Gasteiger partial charge is 0.298 e. The molecule has 0 aliphatic carbocycles. The molecule has 0 fully saturated rings. The highest BCUT2D eigenvalue weighted by atomic mass is 32.2. The molecule has 0 unspecified atom stereocenters. The van der Waals surface area contributed by atoms with Gasteiger partial charge in [0.15, 0.2) is 11.5 Å². The van der Waals surface area contributed by atoms with Gasteiger partial charge >= 0.3 is 0 Å². The molecular weight excluding hydrogens is 520 g/mol. The molecule has 0 aliphatic rings. The molecule has 4 aromatic carbocycles. The van der Waals surface area contributed by atoms with Crippen molar-refractivity contribution >= 4 is 54.2 Å². The minimum absolute atomic E-state index is 0.0435. The van der Waals surface area contributed by atoms with Crippen LogP contribution in [-0.4, -0.2) is 36.8 Å². The molecule has 12 heteroatoms. The number of allylic oxidation sites excluding steroid dienone is 1. The maximum Gasteiger partial charge on any atom is 0.298 e. The Morgan fingerprint density at radius 2 is 1.46 bits per heavy atom. The van der Waals surface area contributed by atoms with Crippen molar-refractivity contribution in [3.8, 4) is 5.75 Å². The molecular formula is C25H18N2O8S2. The Hall–Kier alpha value is -4.23. The summed E-state index contributed by atoms with van der Waals surface area (Å²) in [4.78, 5) is 10.8. The van der Waals surface area contributed by atoms with Gasteiger partial charge in [-0.2, -0.15) is 21.9 Å². The van der Waals surface area contributed by atoms with Gasteiger partial charge in [-0.15, -0.1) is 5.11 Å². The van der Waals surface area contributed by atoms with E-state index in [4.69, 9.17) is 0 Å². The van der Waals surface area contributed by atoms with Gasteiger partial charge in [-0.1, -0.05) is 54.6 Å². The summed E-state index contributed by atoms with van der Waals surface area (Å²) < 4.78 is 65.3. The number of hydrogen-bond donors (Lipinski definition) is 3. The second kappa shape index (κ2) is 10.0. The summed E-state index contributed by atoms with van der Waals surface area (Å²) in [5.74, 6) is -1.06. The van der Waals surface area contributed by atoms with Crippen molar-refractivity contribution in [2.75, 3.05) is 0 Å². The number of nitrogens with zero attached hydrogens (tertiary/aromatic N) is 2. The minimum Gasteiger partial charge on any atom is -0.504 e. The predicted octanol–water partition coefficient (Wildman–Crippen LogP) is 5.35. The second-order valence-electron chi connectivity index (χ2n) is 7.76. The molecule has 0 spiro atoms. The molecule has 4 aromatic rings. The lowest BCUT2D eigenvalue weighted by Gasteiger charge is -2.09. The average molecular weight is 539 g/mol. The van der Waals surface area contributed by atoms with E-state index in [-0.39, 0.29) is 22.2 Å².